The van der Waals surface area contributed by atoms with Gasteiger partial charge in [0, 0.05) is 36.1 Å². The van der Waals surface area contributed by atoms with Crippen molar-refractivity contribution in [2.75, 3.05) is 19.6 Å². The number of hydrogen-bond acceptors (Lipinski definition) is 4. The van der Waals surface area contributed by atoms with Crippen LogP contribution in [-0.2, 0) is 19.6 Å². The average molecular weight is 500 g/mol. The molecule has 3 rings (SSSR count). The van der Waals surface area contributed by atoms with Crippen molar-refractivity contribution < 1.29 is 18.0 Å². The molecule has 1 N–H and O–H groups in total. The van der Waals surface area contributed by atoms with Crippen LogP contribution in [0.4, 0.5) is 0 Å². The molecule has 9 heteroatoms. The number of piperazine rings is 1. The Morgan fingerprint density at radius 1 is 1.20 bits per heavy atom. The monoisotopic (exact) mass is 499 g/mol. The molecular weight excluding hydrogens is 470 g/mol. The summed E-state index contributed by atoms with van der Waals surface area (Å²) in [7, 11) is -3.84. The van der Waals surface area contributed by atoms with Crippen LogP contribution < -0.4 is 4.72 Å². The third-order valence-corrected chi connectivity index (χ3v) is 8.02. The summed E-state index contributed by atoms with van der Waals surface area (Å²) < 4.78 is 29.2. The van der Waals surface area contributed by atoms with E-state index in [1.807, 2.05) is 25.7 Å². The van der Waals surface area contributed by atoms with Gasteiger partial charge in [-0.3, -0.25) is 9.59 Å². The molecule has 30 heavy (non-hydrogen) atoms. The van der Waals surface area contributed by atoms with Gasteiger partial charge in [0.2, 0.25) is 21.8 Å². The molecule has 1 saturated heterocycles. The van der Waals surface area contributed by atoms with Crippen molar-refractivity contribution in [1.29, 1.82) is 0 Å². The molecule has 1 heterocycles. The molecule has 7 nitrogen and oxygen atoms in total. The molecule has 1 aliphatic heterocycles. The SMILES string of the molecule is CCC(C)C(NS(=O)(=O)c1ccc(Br)cc1)C(=O)N1CCN(C(=O)C2CC2)C(C)C1. The van der Waals surface area contributed by atoms with E-state index in [1.165, 1.54) is 12.1 Å². The van der Waals surface area contributed by atoms with E-state index in [4.69, 9.17) is 0 Å². The number of carbonyl (C=O) groups excluding carboxylic acids is 2. The summed E-state index contributed by atoms with van der Waals surface area (Å²) in [6.07, 6.45) is 2.58. The maximum atomic E-state index is 13.3. The molecule has 2 aliphatic rings. The van der Waals surface area contributed by atoms with Gasteiger partial charge in [0.25, 0.3) is 0 Å². The number of hydrogen-bond donors (Lipinski definition) is 1. The zero-order valence-electron chi connectivity index (χ0n) is 17.7. The van der Waals surface area contributed by atoms with Crippen LogP contribution in [0.2, 0.25) is 0 Å². The molecule has 1 saturated carbocycles. The minimum Gasteiger partial charge on any atom is -0.337 e. The Morgan fingerprint density at radius 2 is 1.83 bits per heavy atom. The third kappa shape index (κ3) is 5.23. The molecule has 2 fully saturated rings. The van der Waals surface area contributed by atoms with Gasteiger partial charge in [0.15, 0.2) is 0 Å². The van der Waals surface area contributed by atoms with Crippen LogP contribution in [0.5, 0.6) is 0 Å². The van der Waals surface area contributed by atoms with Crippen LogP contribution in [0, 0.1) is 11.8 Å². The van der Waals surface area contributed by atoms with Crippen LogP contribution in [0.25, 0.3) is 0 Å². The predicted molar refractivity (Wildman–Crippen MR) is 118 cm³/mol. The second kappa shape index (κ2) is 9.36. The number of sulfonamides is 1. The molecule has 3 unspecified atom stereocenters. The lowest BCUT2D eigenvalue weighted by Gasteiger charge is -2.41. The summed E-state index contributed by atoms with van der Waals surface area (Å²) in [5.41, 5.74) is 0. The Balaban J connectivity index is 1.73. The summed E-state index contributed by atoms with van der Waals surface area (Å²) in [5, 5.41) is 0. The fourth-order valence-electron chi connectivity index (χ4n) is 3.74. The standard InChI is InChI=1S/C21H30BrN3O4S/c1-4-14(2)19(23-30(28,29)18-9-7-17(22)8-10-18)21(27)24-11-12-25(15(3)13-24)20(26)16-5-6-16/h7-10,14-16,19,23H,4-6,11-13H2,1-3H3. The highest BCUT2D eigenvalue weighted by Gasteiger charge is 2.40. The zero-order valence-corrected chi connectivity index (χ0v) is 20.1. The Hall–Kier alpha value is -1.45. The second-order valence-corrected chi connectivity index (χ2v) is 11.0. The summed E-state index contributed by atoms with van der Waals surface area (Å²) in [6.45, 7) is 7.11. The highest BCUT2D eigenvalue weighted by atomic mass is 79.9. The number of nitrogens with zero attached hydrogens (tertiary/aromatic N) is 2. The zero-order chi connectivity index (χ0) is 22.1. The Morgan fingerprint density at radius 3 is 2.37 bits per heavy atom. The lowest BCUT2D eigenvalue weighted by atomic mass is 9.98. The first kappa shape index (κ1) is 23.2. The van der Waals surface area contributed by atoms with Crippen LogP contribution in [0.3, 0.4) is 0 Å². The maximum Gasteiger partial charge on any atom is 0.241 e. The maximum absolute atomic E-state index is 13.3. The highest BCUT2D eigenvalue weighted by molar-refractivity contribution is 9.10. The molecule has 0 aromatic heterocycles. The van der Waals surface area contributed by atoms with E-state index in [1.54, 1.807) is 17.0 Å². The van der Waals surface area contributed by atoms with Gasteiger partial charge < -0.3 is 9.80 Å². The van der Waals surface area contributed by atoms with Crippen molar-refractivity contribution >= 4 is 37.8 Å². The minimum atomic E-state index is -3.84. The summed E-state index contributed by atoms with van der Waals surface area (Å²) in [6, 6.07) is 5.42. The number of amides is 2. The number of rotatable bonds is 7. The van der Waals surface area contributed by atoms with Crippen LogP contribution >= 0.6 is 15.9 Å². The Kier molecular flexibility index (Phi) is 7.24. The van der Waals surface area contributed by atoms with Gasteiger partial charge in [-0.15, -0.1) is 0 Å². The summed E-state index contributed by atoms with van der Waals surface area (Å²) >= 11 is 3.30. The number of carbonyl (C=O) groups is 2. The fourth-order valence-corrected chi connectivity index (χ4v) is 5.30. The van der Waals surface area contributed by atoms with E-state index in [9.17, 15) is 18.0 Å². The van der Waals surface area contributed by atoms with Crippen molar-refractivity contribution in [2.24, 2.45) is 11.8 Å². The number of nitrogens with one attached hydrogen (secondary N) is 1. The number of halogens is 1. The van der Waals surface area contributed by atoms with Crippen molar-refractivity contribution in [2.45, 2.75) is 57.0 Å². The van der Waals surface area contributed by atoms with E-state index in [2.05, 4.69) is 20.7 Å². The normalized spacial score (nSPS) is 21.9. The van der Waals surface area contributed by atoms with Crippen LogP contribution in [0.1, 0.15) is 40.0 Å². The molecule has 3 atom stereocenters. The average Bonchev–Trinajstić information content (AvgIpc) is 3.56. The van der Waals surface area contributed by atoms with Crippen LogP contribution in [-0.4, -0.2) is 61.7 Å². The Labute approximate surface area is 187 Å². The lowest BCUT2D eigenvalue weighted by molar-refractivity contribution is -0.144. The molecule has 1 aromatic rings. The van der Waals surface area contributed by atoms with Crippen molar-refractivity contribution in [3.05, 3.63) is 28.7 Å². The first-order chi connectivity index (χ1) is 14.1. The minimum absolute atomic E-state index is 0.0727. The van der Waals surface area contributed by atoms with Crippen molar-refractivity contribution in [3.63, 3.8) is 0 Å². The van der Waals surface area contributed by atoms with Gasteiger partial charge in [0.1, 0.15) is 6.04 Å². The van der Waals surface area contributed by atoms with Crippen molar-refractivity contribution in [3.8, 4) is 0 Å². The topological polar surface area (TPSA) is 86.8 Å². The van der Waals surface area contributed by atoms with E-state index in [0.717, 1.165) is 17.3 Å². The smallest absolute Gasteiger partial charge is 0.241 e. The molecule has 0 bridgehead atoms. The largest absolute Gasteiger partial charge is 0.337 e. The molecule has 1 aliphatic carbocycles. The predicted octanol–water partition coefficient (Wildman–Crippen LogP) is 2.61. The molecule has 166 valence electrons. The highest BCUT2D eigenvalue weighted by Crippen LogP contribution is 2.32. The van der Waals surface area contributed by atoms with Gasteiger partial charge in [0.05, 0.1) is 4.90 Å². The van der Waals surface area contributed by atoms with Gasteiger partial charge in [-0.2, -0.15) is 4.72 Å². The van der Waals surface area contributed by atoms with Crippen LogP contribution in [0.15, 0.2) is 33.6 Å². The third-order valence-electron chi connectivity index (χ3n) is 6.03. The van der Waals surface area contributed by atoms with E-state index in [0.29, 0.717) is 26.1 Å². The Bertz CT molecular complexity index is 886. The molecule has 2 amide bonds. The molecule has 0 spiro atoms. The molecule has 0 radical (unpaired) electrons. The fraction of sp³-hybridized carbons (Fsp3) is 0.619. The quantitative estimate of drug-likeness (QED) is 0.624. The van der Waals surface area contributed by atoms with E-state index in [-0.39, 0.29) is 34.6 Å². The summed E-state index contributed by atoms with van der Waals surface area (Å²) in [5.74, 6) is -0.0520. The van der Waals surface area contributed by atoms with E-state index < -0.39 is 16.1 Å². The molecule has 1 aromatic carbocycles. The first-order valence-corrected chi connectivity index (χ1v) is 12.8. The lowest BCUT2D eigenvalue weighted by Crippen LogP contribution is -2.60. The van der Waals surface area contributed by atoms with Crippen molar-refractivity contribution in [1.82, 2.24) is 14.5 Å². The van der Waals surface area contributed by atoms with Gasteiger partial charge in [-0.25, -0.2) is 8.42 Å². The van der Waals surface area contributed by atoms with Gasteiger partial charge >= 0.3 is 0 Å². The summed E-state index contributed by atoms with van der Waals surface area (Å²) in [4.78, 5) is 29.4. The van der Waals surface area contributed by atoms with Gasteiger partial charge in [-0.1, -0.05) is 36.2 Å². The first-order valence-electron chi connectivity index (χ1n) is 10.5. The number of benzene rings is 1. The molecular formula is C21H30BrN3O4S. The van der Waals surface area contributed by atoms with E-state index >= 15 is 0 Å². The van der Waals surface area contributed by atoms with Gasteiger partial charge in [-0.05, 0) is 49.9 Å². The second-order valence-electron chi connectivity index (χ2n) is 8.38.